The van der Waals surface area contributed by atoms with Gasteiger partial charge in [0.2, 0.25) is 0 Å². The number of ether oxygens (including phenoxy) is 2. The van der Waals surface area contributed by atoms with Crippen molar-refractivity contribution >= 4 is 27.9 Å². The molecule has 6 heteroatoms. The Hall–Kier alpha value is -1.56. The standard InChI is InChI=1S/C14H17BrO5/c1-9(20-14(18)6-5-13(16)17)7-10-3-4-12(19-2)11(15)8-10/h3-4,8-9H,5-7H2,1-2H3,(H,16,17)/t9-/m1/s1. The van der Waals surface area contributed by atoms with Gasteiger partial charge in [0.1, 0.15) is 11.9 Å². The topological polar surface area (TPSA) is 72.8 Å². The number of carboxylic acids is 1. The van der Waals surface area contributed by atoms with Crippen LogP contribution in [0.15, 0.2) is 22.7 Å². The minimum atomic E-state index is -1.01. The van der Waals surface area contributed by atoms with Crippen LogP contribution in [0.4, 0.5) is 0 Å². The number of methoxy groups -OCH3 is 1. The van der Waals surface area contributed by atoms with Gasteiger partial charge in [-0.25, -0.2) is 0 Å². The number of carbonyl (C=O) groups is 2. The lowest BCUT2D eigenvalue weighted by Gasteiger charge is -2.14. The Bertz CT molecular complexity index is 486. The minimum Gasteiger partial charge on any atom is -0.496 e. The van der Waals surface area contributed by atoms with Crippen LogP contribution in [0.2, 0.25) is 0 Å². The summed E-state index contributed by atoms with van der Waals surface area (Å²) in [4.78, 5) is 21.8. The number of aliphatic carboxylic acids is 1. The normalized spacial score (nSPS) is 11.8. The van der Waals surface area contributed by atoms with Gasteiger partial charge in [-0.15, -0.1) is 0 Å². The number of benzene rings is 1. The average Bonchev–Trinajstić information content (AvgIpc) is 2.36. The smallest absolute Gasteiger partial charge is 0.306 e. The molecule has 0 fully saturated rings. The van der Waals surface area contributed by atoms with Crippen molar-refractivity contribution in [3.63, 3.8) is 0 Å². The second kappa shape index (κ2) is 7.89. The molecule has 5 nitrogen and oxygen atoms in total. The van der Waals surface area contributed by atoms with Gasteiger partial charge in [-0.1, -0.05) is 6.07 Å². The Morgan fingerprint density at radius 1 is 1.35 bits per heavy atom. The molecule has 20 heavy (non-hydrogen) atoms. The number of hydrogen-bond acceptors (Lipinski definition) is 4. The third kappa shape index (κ3) is 5.61. The van der Waals surface area contributed by atoms with Crippen LogP contribution < -0.4 is 4.74 Å². The summed E-state index contributed by atoms with van der Waals surface area (Å²) in [5.41, 5.74) is 0.996. The monoisotopic (exact) mass is 344 g/mol. The first-order valence-electron chi connectivity index (χ1n) is 6.16. The first-order valence-corrected chi connectivity index (χ1v) is 6.95. The maximum atomic E-state index is 11.4. The summed E-state index contributed by atoms with van der Waals surface area (Å²) < 4.78 is 11.1. The van der Waals surface area contributed by atoms with E-state index in [2.05, 4.69) is 15.9 Å². The predicted molar refractivity (Wildman–Crippen MR) is 76.8 cm³/mol. The SMILES string of the molecule is COc1ccc(C[C@@H](C)OC(=O)CCC(=O)O)cc1Br. The molecule has 1 N–H and O–H groups in total. The van der Waals surface area contributed by atoms with Gasteiger partial charge < -0.3 is 14.6 Å². The Balaban J connectivity index is 2.49. The van der Waals surface area contributed by atoms with E-state index >= 15 is 0 Å². The number of rotatable bonds is 7. The molecule has 1 atom stereocenters. The molecule has 0 aliphatic carbocycles. The van der Waals surface area contributed by atoms with Gasteiger partial charge in [0, 0.05) is 6.42 Å². The van der Waals surface area contributed by atoms with Crippen LogP contribution >= 0.6 is 15.9 Å². The summed E-state index contributed by atoms with van der Waals surface area (Å²) >= 11 is 3.39. The summed E-state index contributed by atoms with van der Waals surface area (Å²) in [5, 5.41) is 8.49. The van der Waals surface area contributed by atoms with Gasteiger partial charge in [0.25, 0.3) is 0 Å². The quantitative estimate of drug-likeness (QED) is 0.770. The van der Waals surface area contributed by atoms with E-state index in [4.69, 9.17) is 14.6 Å². The van der Waals surface area contributed by atoms with E-state index in [-0.39, 0.29) is 18.9 Å². The largest absolute Gasteiger partial charge is 0.496 e. The highest BCUT2D eigenvalue weighted by Crippen LogP contribution is 2.26. The molecular weight excluding hydrogens is 328 g/mol. The van der Waals surface area contributed by atoms with E-state index < -0.39 is 11.9 Å². The molecule has 1 rings (SSSR count). The molecule has 0 spiro atoms. The maximum Gasteiger partial charge on any atom is 0.306 e. The van der Waals surface area contributed by atoms with Crippen molar-refractivity contribution in [1.82, 2.24) is 0 Å². The first-order chi connectivity index (χ1) is 9.42. The molecule has 0 aromatic heterocycles. The van der Waals surface area contributed by atoms with E-state index in [1.165, 1.54) is 0 Å². The van der Waals surface area contributed by atoms with E-state index in [1.807, 2.05) is 18.2 Å². The average molecular weight is 345 g/mol. The third-order valence-electron chi connectivity index (χ3n) is 2.61. The van der Waals surface area contributed by atoms with Crippen molar-refractivity contribution in [2.24, 2.45) is 0 Å². The highest BCUT2D eigenvalue weighted by molar-refractivity contribution is 9.10. The van der Waals surface area contributed by atoms with Crippen LogP contribution in [0.3, 0.4) is 0 Å². The molecule has 0 aliphatic heterocycles. The summed E-state index contributed by atoms with van der Waals surface area (Å²) in [6.45, 7) is 1.77. The Morgan fingerprint density at radius 3 is 2.60 bits per heavy atom. The summed E-state index contributed by atoms with van der Waals surface area (Å²) in [5.74, 6) is -0.763. The lowest BCUT2D eigenvalue weighted by molar-refractivity contribution is -0.151. The molecule has 110 valence electrons. The van der Waals surface area contributed by atoms with Crippen LogP contribution in [-0.2, 0) is 20.7 Å². The molecule has 0 radical (unpaired) electrons. The number of carboxylic acid groups (broad SMARTS) is 1. The Morgan fingerprint density at radius 2 is 2.05 bits per heavy atom. The van der Waals surface area contributed by atoms with E-state index in [1.54, 1.807) is 14.0 Å². The number of hydrogen-bond donors (Lipinski definition) is 1. The molecule has 0 amide bonds. The number of esters is 1. The molecule has 0 heterocycles. The van der Waals surface area contributed by atoms with Gasteiger partial charge in [-0.3, -0.25) is 9.59 Å². The second-order valence-electron chi connectivity index (χ2n) is 4.37. The van der Waals surface area contributed by atoms with Gasteiger partial charge in [0.15, 0.2) is 0 Å². The van der Waals surface area contributed by atoms with Crippen molar-refractivity contribution in [2.75, 3.05) is 7.11 Å². The molecule has 0 saturated carbocycles. The van der Waals surface area contributed by atoms with Crippen LogP contribution in [0.1, 0.15) is 25.3 Å². The lowest BCUT2D eigenvalue weighted by Crippen LogP contribution is -2.18. The Labute approximate surface area is 126 Å². The highest BCUT2D eigenvalue weighted by Gasteiger charge is 2.12. The molecule has 0 aliphatic rings. The van der Waals surface area contributed by atoms with Crippen molar-refractivity contribution in [2.45, 2.75) is 32.3 Å². The predicted octanol–water partition coefficient (Wildman–Crippen LogP) is 2.80. The van der Waals surface area contributed by atoms with E-state index in [0.29, 0.717) is 6.42 Å². The molecule has 1 aromatic carbocycles. The van der Waals surface area contributed by atoms with Crippen molar-refractivity contribution in [3.8, 4) is 5.75 Å². The summed E-state index contributed by atoms with van der Waals surface area (Å²) in [7, 11) is 1.59. The minimum absolute atomic E-state index is 0.105. The molecule has 1 aromatic rings. The summed E-state index contributed by atoms with van der Waals surface area (Å²) in [6, 6.07) is 5.63. The van der Waals surface area contributed by atoms with Gasteiger partial charge >= 0.3 is 11.9 Å². The Kier molecular flexibility index (Phi) is 6.51. The zero-order chi connectivity index (χ0) is 15.1. The zero-order valence-electron chi connectivity index (χ0n) is 11.4. The molecule has 0 bridgehead atoms. The van der Waals surface area contributed by atoms with Crippen molar-refractivity contribution < 1.29 is 24.2 Å². The van der Waals surface area contributed by atoms with Crippen LogP contribution in [0.25, 0.3) is 0 Å². The molecule has 0 saturated heterocycles. The fourth-order valence-electron chi connectivity index (χ4n) is 1.70. The zero-order valence-corrected chi connectivity index (χ0v) is 13.0. The fourth-order valence-corrected chi connectivity index (χ4v) is 2.29. The van der Waals surface area contributed by atoms with E-state index in [0.717, 1.165) is 15.8 Å². The second-order valence-corrected chi connectivity index (χ2v) is 5.22. The summed E-state index contributed by atoms with van der Waals surface area (Å²) in [6.07, 6.45) is -0.0656. The lowest BCUT2D eigenvalue weighted by atomic mass is 10.1. The van der Waals surface area contributed by atoms with Gasteiger partial charge in [0.05, 0.1) is 24.4 Å². The van der Waals surface area contributed by atoms with Gasteiger partial charge in [-0.05, 0) is 40.5 Å². The molecule has 0 unspecified atom stereocenters. The maximum absolute atomic E-state index is 11.4. The van der Waals surface area contributed by atoms with Crippen LogP contribution in [0, 0.1) is 0 Å². The first kappa shape index (κ1) is 16.5. The van der Waals surface area contributed by atoms with Crippen LogP contribution in [-0.4, -0.2) is 30.3 Å². The van der Waals surface area contributed by atoms with Crippen LogP contribution in [0.5, 0.6) is 5.75 Å². The van der Waals surface area contributed by atoms with Crippen molar-refractivity contribution in [3.05, 3.63) is 28.2 Å². The highest BCUT2D eigenvalue weighted by atomic mass is 79.9. The van der Waals surface area contributed by atoms with Gasteiger partial charge in [-0.2, -0.15) is 0 Å². The number of carbonyl (C=O) groups excluding carboxylic acids is 1. The number of halogens is 1. The molecular formula is C14H17BrO5. The van der Waals surface area contributed by atoms with Crippen molar-refractivity contribution in [1.29, 1.82) is 0 Å². The van der Waals surface area contributed by atoms with E-state index in [9.17, 15) is 9.59 Å². The fraction of sp³-hybridized carbons (Fsp3) is 0.429. The third-order valence-corrected chi connectivity index (χ3v) is 3.23.